The summed E-state index contributed by atoms with van der Waals surface area (Å²) in [5.74, 6) is -0.620. The van der Waals surface area contributed by atoms with Gasteiger partial charge in [0.2, 0.25) is 5.91 Å². The van der Waals surface area contributed by atoms with Crippen LogP contribution in [0.2, 0.25) is 0 Å². The van der Waals surface area contributed by atoms with E-state index in [0.717, 1.165) is 11.1 Å². The highest BCUT2D eigenvalue weighted by Gasteiger charge is 2.40. The van der Waals surface area contributed by atoms with Crippen LogP contribution in [0.1, 0.15) is 62.6 Å². The minimum atomic E-state index is -4.51. The predicted octanol–water partition coefficient (Wildman–Crippen LogP) is 7.10. The molecule has 1 aromatic carbocycles. The molecule has 0 bridgehead atoms. The zero-order valence-electron chi connectivity index (χ0n) is 20.3. The fourth-order valence-electron chi connectivity index (χ4n) is 4.69. The lowest BCUT2D eigenvalue weighted by atomic mass is 9.92. The second kappa shape index (κ2) is 11.2. The van der Waals surface area contributed by atoms with E-state index in [4.69, 9.17) is 0 Å². The molecule has 0 aliphatic carbocycles. The van der Waals surface area contributed by atoms with Crippen LogP contribution in [-0.4, -0.2) is 41.8 Å². The van der Waals surface area contributed by atoms with Gasteiger partial charge in [-0.15, -0.1) is 0 Å². The van der Waals surface area contributed by atoms with E-state index in [9.17, 15) is 22.4 Å². The van der Waals surface area contributed by atoms with Crippen LogP contribution in [0.15, 0.2) is 53.1 Å². The molecule has 1 aromatic rings. The normalized spacial score (nSPS) is 19.8. The molecule has 2 aliphatic rings. The van der Waals surface area contributed by atoms with Crippen LogP contribution in [0.25, 0.3) is 12.2 Å². The maximum absolute atomic E-state index is 14.1. The van der Waals surface area contributed by atoms with Crippen molar-refractivity contribution in [1.29, 1.82) is 0 Å². The maximum Gasteiger partial charge on any atom is 0.433 e. The van der Waals surface area contributed by atoms with Crippen molar-refractivity contribution in [3.63, 3.8) is 0 Å². The van der Waals surface area contributed by atoms with Crippen LogP contribution in [0.5, 0.6) is 0 Å². The SMILES string of the molecule is C=Cc1cc(CC(C)=CC(=O)N2CCCCC3=C(CCC(C)N=C3C(F)(F)F)C2)c(C=C)cc1F. The Morgan fingerprint density at radius 1 is 1.17 bits per heavy atom. The molecule has 0 fully saturated rings. The number of rotatable bonds is 5. The fraction of sp³-hybridized carbons (Fsp3) is 0.429. The quantitative estimate of drug-likeness (QED) is 0.322. The van der Waals surface area contributed by atoms with Gasteiger partial charge in [0.05, 0.1) is 0 Å². The first-order valence-corrected chi connectivity index (χ1v) is 11.9. The summed E-state index contributed by atoms with van der Waals surface area (Å²) < 4.78 is 55.4. The topological polar surface area (TPSA) is 32.7 Å². The molecule has 1 amide bonds. The number of alkyl halides is 3. The third kappa shape index (κ3) is 6.59. The highest BCUT2D eigenvalue weighted by molar-refractivity contribution is 6.05. The third-order valence-electron chi connectivity index (χ3n) is 6.53. The molecule has 7 heteroatoms. The Morgan fingerprint density at radius 3 is 2.54 bits per heavy atom. The second-order valence-corrected chi connectivity index (χ2v) is 9.31. The number of nitrogens with zero attached hydrogens (tertiary/aromatic N) is 2. The Kier molecular flexibility index (Phi) is 8.51. The van der Waals surface area contributed by atoms with Crippen LogP contribution in [0.3, 0.4) is 0 Å². The predicted molar refractivity (Wildman–Crippen MR) is 134 cm³/mol. The van der Waals surface area contributed by atoms with E-state index in [1.165, 1.54) is 18.2 Å². The molecule has 188 valence electrons. The standard InChI is InChI=1S/C28H32F4N2O/c1-5-20-16-25(29)21(6-2)15-23(20)13-18(3)14-26(35)34-12-8-7-9-24-22(17-34)11-10-19(4)33-27(24)28(30,31)32/h5-6,14-16,19H,1-2,7-13,17H2,3-4H3. The molecule has 35 heavy (non-hydrogen) atoms. The lowest BCUT2D eigenvalue weighted by molar-refractivity contribution is -0.125. The molecule has 1 unspecified atom stereocenters. The van der Waals surface area contributed by atoms with Crippen LogP contribution < -0.4 is 0 Å². The number of halogens is 4. The van der Waals surface area contributed by atoms with Gasteiger partial charge in [-0.2, -0.15) is 13.2 Å². The van der Waals surface area contributed by atoms with Gasteiger partial charge in [0.25, 0.3) is 0 Å². The molecule has 0 saturated carbocycles. The molecule has 0 aromatic heterocycles. The highest BCUT2D eigenvalue weighted by Crippen LogP contribution is 2.34. The summed E-state index contributed by atoms with van der Waals surface area (Å²) in [6, 6.07) is 2.67. The largest absolute Gasteiger partial charge is 0.433 e. The molecule has 2 aliphatic heterocycles. The van der Waals surface area contributed by atoms with E-state index < -0.39 is 17.9 Å². The number of carbonyl (C=O) groups excluding carboxylic acids is 1. The Morgan fingerprint density at radius 2 is 1.89 bits per heavy atom. The Balaban J connectivity index is 1.85. The highest BCUT2D eigenvalue weighted by atomic mass is 19.4. The van der Waals surface area contributed by atoms with Crippen molar-refractivity contribution in [3.05, 3.63) is 70.6 Å². The monoisotopic (exact) mass is 488 g/mol. The summed E-state index contributed by atoms with van der Waals surface area (Å²) >= 11 is 0. The summed E-state index contributed by atoms with van der Waals surface area (Å²) in [7, 11) is 0. The van der Waals surface area contributed by atoms with Gasteiger partial charge in [0, 0.05) is 30.8 Å². The number of aliphatic imine (C=N–C) groups is 1. The van der Waals surface area contributed by atoms with E-state index in [0.29, 0.717) is 61.8 Å². The first-order valence-electron chi connectivity index (χ1n) is 11.9. The fourth-order valence-corrected chi connectivity index (χ4v) is 4.69. The van der Waals surface area contributed by atoms with Gasteiger partial charge < -0.3 is 4.90 Å². The maximum atomic E-state index is 14.1. The molecule has 3 rings (SSSR count). The van der Waals surface area contributed by atoms with Crippen molar-refractivity contribution in [2.45, 2.75) is 64.6 Å². The van der Waals surface area contributed by atoms with Crippen LogP contribution in [-0.2, 0) is 11.2 Å². The van der Waals surface area contributed by atoms with Gasteiger partial charge in [0.15, 0.2) is 0 Å². The molecule has 0 spiro atoms. The summed E-state index contributed by atoms with van der Waals surface area (Å²) in [6.45, 7) is 11.6. The third-order valence-corrected chi connectivity index (χ3v) is 6.53. The van der Waals surface area contributed by atoms with E-state index in [1.807, 2.05) is 6.92 Å². The number of hydrogen-bond acceptors (Lipinski definition) is 2. The van der Waals surface area contributed by atoms with Crippen molar-refractivity contribution < 1.29 is 22.4 Å². The average Bonchev–Trinajstić information content (AvgIpc) is 2.92. The first kappa shape index (κ1) is 26.6. The van der Waals surface area contributed by atoms with Crippen molar-refractivity contribution in [3.8, 4) is 0 Å². The molecule has 3 nitrogen and oxygen atoms in total. The number of benzene rings is 1. The van der Waals surface area contributed by atoms with Gasteiger partial charge >= 0.3 is 6.18 Å². The van der Waals surface area contributed by atoms with Gasteiger partial charge in [0.1, 0.15) is 11.5 Å². The Hall–Kier alpha value is -2.96. The molecule has 0 saturated heterocycles. The van der Waals surface area contributed by atoms with Crippen molar-refractivity contribution in [2.24, 2.45) is 4.99 Å². The Labute approximate surface area is 204 Å². The minimum Gasteiger partial charge on any atom is -0.335 e. The minimum absolute atomic E-state index is 0.175. The van der Waals surface area contributed by atoms with Crippen molar-refractivity contribution >= 4 is 23.8 Å². The number of carbonyl (C=O) groups is 1. The zero-order chi connectivity index (χ0) is 25.8. The van der Waals surface area contributed by atoms with Crippen molar-refractivity contribution in [2.75, 3.05) is 13.1 Å². The second-order valence-electron chi connectivity index (χ2n) is 9.31. The van der Waals surface area contributed by atoms with Crippen LogP contribution in [0.4, 0.5) is 17.6 Å². The van der Waals surface area contributed by atoms with Gasteiger partial charge in [-0.25, -0.2) is 4.39 Å². The van der Waals surface area contributed by atoms with Gasteiger partial charge in [-0.1, -0.05) is 30.9 Å². The Bertz CT molecular complexity index is 1090. The summed E-state index contributed by atoms with van der Waals surface area (Å²) in [5, 5.41) is 0. The van der Waals surface area contributed by atoms with E-state index in [1.54, 1.807) is 24.0 Å². The first-order chi connectivity index (χ1) is 16.5. The lowest BCUT2D eigenvalue weighted by Gasteiger charge is -2.28. The molecule has 0 N–H and O–H groups in total. The number of hydrogen-bond donors (Lipinski definition) is 0. The smallest absolute Gasteiger partial charge is 0.335 e. The van der Waals surface area contributed by atoms with E-state index in [-0.39, 0.29) is 23.8 Å². The molecular formula is C28H32F4N2O. The van der Waals surface area contributed by atoms with Gasteiger partial charge in [-0.05, 0) is 86.8 Å². The number of amides is 1. The average molecular weight is 489 g/mol. The van der Waals surface area contributed by atoms with Crippen LogP contribution >= 0.6 is 0 Å². The lowest BCUT2D eigenvalue weighted by Crippen LogP contribution is -2.35. The summed E-state index contributed by atoms with van der Waals surface area (Å²) in [4.78, 5) is 18.8. The van der Waals surface area contributed by atoms with E-state index >= 15 is 0 Å². The molecule has 1 atom stereocenters. The van der Waals surface area contributed by atoms with Crippen LogP contribution in [0, 0.1) is 5.82 Å². The summed E-state index contributed by atoms with van der Waals surface area (Å²) in [6.07, 6.45) is 2.98. The molecule has 0 radical (unpaired) electrons. The summed E-state index contributed by atoms with van der Waals surface area (Å²) in [5.41, 5.74) is 2.75. The molecular weight excluding hydrogens is 456 g/mol. The molecule has 2 heterocycles. The zero-order valence-corrected chi connectivity index (χ0v) is 20.3. The van der Waals surface area contributed by atoms with E-state index in [2.05, 4.69) is 18.2 Å². The van der Waals surface area contributed by atoms with Gasteiger partial charge in [-0.3, -0.25) is 9.79 Å². The van der Waals surface area contributed by atoms with Crippen molar-refractivity contribution in [1.82, 2.24) is 4.90 Å². The number of allylic oxidation sites excluding steroid dienone is 2.